The number of hydrogen-bond acceptors (Lipinski definition) is 3. The fourth-order valence-electron chi connectivity index (χ4n) is 1.25. The first-order valence-corrected chi connectivity index (χ1v) is 5.94. The standard InChI is InChI=1S/C9H12FNO2S/c1-6-3-8(10)7(5-11)4-9(6)14(2,12)13/h3-4H,5,11H2,1-2H3. The number of sulfone groups is 1. The Morgan fingerprint density at radius 3 is 2.43 bits per heavy atom. The molecule has 1 aromatic carbocycles. The molecule has 0 saturated carbocycles. The summed E-state index contributed by atoms with van der Waals surface area (Å²) in [7, 11) is -3.31. The van der Waals surface area contributed by atoms with E-state index in [0.717, 1.165) is 6.26 Å². The van der Waals surface area contributed by atoms with E-state index in [-0.39, 0.29) is 17.0 Å². The first-order valence-electron chi connectivity index (χ1n) is 4.05. The van der Waals surface area contributed by atoms with Gasteiger partial charge in [-0.2, -0.15) is 0 Å². The van der Waals surface area contributed by atoms with Crippen molar-refractivity contribution in [3.63, 3.8) is 0 Å². The van der Waals surface area contributed by atoms with E-state index in [4.69, 9.17) is 5.73 Å². The van der Waals surface area contributed by atoms with Crippen LogP contribution in [0.4, 0.5) is 4.39 Å². The molecule has 0 spiro atoms. The lowest BCUT2D eigenvalue weighted by atomic mass is 10.1. The van der Waals surface area contributed by atoms with Crippen molar-refractivity contribution in [2.45, 2.75) is 18.4 Å². The van der Waals surface area contributed by atoms with Crippen molar-refractivity contribution >= 4 is 9.84 Å². The monoisotopic (exact) mass is 217 g/mol. The van der Waals surface area contributed by atoms with E-state index in [0.29, 0.717) is 5.56 Å². The van der Waals surface area contributed by atoms with Gasteiger partial charge in [0, 0.05) is 18.4 Å². The molecular formula is C9H12FNO2S. The Hall–Kier alpha value is -0.940. The van der Waals surface area contributed by atoms with Gasteiger partial charge in [-0.3, -0.25) is 0 Å². The average molecular weight is 217 g/mol. The molecule has 3 nitrogen and oxygen atoms in total. The number of halogens is 1. The van der Waals surface area contributed by atoms with Gasteiger partial charge in [-0.1, -0.05) is 0 Å². The second-order valence-corrected chi connectivity index (χ2v) is 5.17. The zero-order valence-electron chi connectivity index (χ0n) is 8.04. The highest BCUT2D eigenvalue weighted by Gasteiger charge is 2.13. The maximum absolute atomic E-state index is 13.1. The van der Waals surface area contributed by atoms with Gasteiger partial charge in [0.15, 0.2) is 9.84 Å². The molecule has 0 unspecified atom stereocenters. The molecule has 0 radical (unpaired) electrons. The van der Waals surface area contributed by atoms with E-state index in [1.807, 2.05) is 0 Å². The van der Waals surface area contributed by atoms with E-state index < -0.39 is 15.7 Å². The molecule has 78 valence electrons. The molecule has 1 rings (SSSR count). The topological polar surface area (TPSA) is 60.2 Å². The smallest absolute Gasteiger partial charge is 0.175 e. The Morgan fingerprint density at radius 1 is 1.43 bits per heavy atom. The highest BCUT2D eigenvalue weighted by molar-refractivity contribution is 7.90. The lowest BCUT2D eigenvalue weighted by molar-refractivity contribution is 0.595. The van der Waals surface area contributed by atoms with Gasteiger partial charge in [-0.25, -0.2) is 12.8 Å². The minimum absolute atomic E-state index is 0.00532. The van der Waals surface area contributed by atoms with E-state index in [2.05, 4.69) is 0 Å². The number of nitrogens with two attached hydrogens (primary N) is 1. The Bertz CT molecular complexity index is 454. The minimum atomic E-state index is -3.31. The van der Waals surface area contributed by atoms with Crippen molar-refractivity contribution in [2.24, 2.45) is 5.73 Å². The summed E-state index contributed by atoms with van der Waals surface area (Å²) in [4.78, 5) is 0.138. The summed E-state index contributed by atoms with van der Waals surface area (Å²) in [6.45, 7) is 1.55. The molecule has 0 fully saturated rings. The van der Waals surface area contributed by atoms with Crippen LogP contribution in [0.25, 0.3) is 0 Å². The number of rotatable bonds is 2. The fourth-order valence-corrected chi connectivity index (χ4v) is 2.25. The Labute approximate surface area is 82.7 Å². The summed E-state index contributed by atoms with van der Waals surface area (Å²) in [6.07, 6.45) is 1.09. The maximum atomic E-state index is 13.1. The zero-order valence-corrected chi connectivity index (χ0v) is 8.86. The molecule has 0 amide bonds. The Balaban J connectivity index is 3.47. The van der Waals surface area contributed by atoms with Crippen LogP contribution < -0.4 is 5.73 Å². The third-order valence-corrected chi connectivity index (χ3v) is 3.20. The number of hydrogen-bond donors (Lipinski definition) is 1. The van der Waals surface area contributed by atoms with Gasteiger partial charge >= 0.3 is 0 Å². The summed E-state index contributed by atoms with van der Waals surface area (Å²) in [5.74, 6) is -0.461. The quantitative estimate of drug-likeness (QED) is 0.752. The summed E-state index contributed by atoms with van der Waals surface area (Å²) in [6, 6.07) is 2.48. The van der Waals surface area contributed by atoms with Gasteiger partial charge in [0.25, 0.3) is 0 Å². The van der Waals surface area contributed by atoms with Crippen LogP contribution in [0, 0.1) is 12.7 Å². The van der Waals surface area contributed by atoms with Crippen LogP contribution in [0.5, 0.6) is 0 Å². The van der Waals surface area contributed by atoms with Gasteiger partial charge in [0.1, 0.15) is 5.82 Å². The van der Waals surface area contributed by atoms with Crippen LogP contribution >= 0.6 is 0 Å². The zero-order chi connectivity index (χ0) is 10.9. The largest absolute Gasteiger partial charge is 0.326 e. The van der Waals surface area contributed by atoms with Gasteiger partial charge in [0.2, 0.25) is 0 Å². The molecule has 0 saturated heterocycles. The lowest BCUT2D eigenvalue weighted by Crippen LogP contribution is -2.06. The fraction of sp³-hybridized carbons (Fsp3) is 0.333. The van der Waals surface area contributed by atoms with E-state index in [1.165, 1.54) is 12.1 Å². The van der Waals surface area contributed by atoms with Crippen LogP contribution in [0.3, 0.4) is 0 Å². The Morgan fingerprint density at radius 2 is 2.00 bits per heavy atom. The van der Waals surface area contributed by atoms with Crippen molar-refractivity contribution in [3.8, 4) is 0 Å². The predicted octanol–water partition coefficient (Wildman–Crippen LogP) is 0.996. The molecular weight excluding hydrogens is 205 g/mol. The van der Waals surface area contributed by atoms with Crippen LogP contribution in [-0.4, -0.2) is 14.7 Å². The van der Waals surface area contributed by atoms with E-state index in [1.54, 1.807) is 6.92 Å². The number of benzene rings is 1. The summed E-state index contributed by atoms with van der Waals surface area (Å²) in [5.41, 5.74) is 5.90. The summed E-state index contributed by atoms with van der Waals surface area (Å²) >= 11 is 0. The number of aryl methyl sites for hydroxylation is 1. The molecule has 0 aliphatic carbocycles. The van der Waals surface area contributed by atoms with E-state index in [9.17, 15) is 12.8 Å². The predicted molar refractivity (Wildman–Crippen MR) is 52.1 cm³/mol. The Kier molecular flexibility index (Phi) is 2.92. The molecule has 2 N–H and O–H groups in total. The van der Waals surface area contributed by atoms with Gasteiger partial charge < -0.3 is 5.73 Å². The molecule has 0 bridgehead atoms. The highest BCUT2D eigenvalue weighted by atomic mass is 32.2. The molecule has 0 aromatic heterocycles. The molecule has 0 heterocycles. The molecule has 1 aromatic rings. The normalized spacial score (nSPS) is 11.7. The van der Waals surface area contributed by atoms with Crippen LogP contribution in [-0.2, 0) is 16.4 Å². The van der Waals surface area contributed by atoms with Crippen LogP contribution in [0.1, 0.15) is 11.1 Å². The summed E-state index contributed by atoms with van der Waals surface area (Å²) in [5, 5.41) is 0. The van der Waals surface area contributed by atoms with Crippen molar-refractivity contribution in [1.29, 1.82) is 0 Å². The van der Waals surface area contributed by atoms with Crippen LogP contribution in [0.15, 0.2) is 17.0 Å². The van der Waals surface area contributed by atoms with Gasteiger partial charge in [-0.05, 0) is 24.6 Å². The average Bonchev–Trinajstić information content (AvgIpc) is 2.02. The third kappa shape index (κ3) is 2.10. The summed E-state index contributed by atoms with van der Waals surface area (Å²) < 4.78 is 35.7. The first-order chi connectivity index (χ1) is 6.36. The first kappa shape index (κ1) is 11.1. The van der Waals surface area contributed by atoms with Gasteiger partial charge in [-0.15, -0.1) is 0 Å². The van der Waals surface area contributed by atoms with E-state index >= 15 is 0 Å². The molecule has 0 atom stereocenters. The van der Waals surface area contributed by atoms with Crippen molar-refractivity contribution in [1.82, 2.24) is 0 Å². The SMILES string of the molecule is Cc1cc(F)c(CN)cc1S(C)(=O)=O. The maximum Gasteiger partial charge on any atom is 0.175 e. The molecule has 14 heavy (non-hydrogen) atoms. The second kappa shape index (κ2) is 3.67. The van der Waals surface area contributed by atoms with Crippen LogP contribution in [0.2, 0.25) is 0 Å². The lowest BCUT2D eigenvalue weighted by Gasteiger charge is -2.07. The van der Waals surface area contributed by atoms with Crippen molar-refractivity contribution in [2.75, 3.05) is 6.26 Å². The molecule has 5 heteroatoms. The van der Waals surface area contributed by atoms with Crippen molar-refractivity contribution < 1.29 is 12.8 Å². The second-order valence-electron chi connectivity index (χ2n) is 3.19. The molecule has 0 aliphatic rings. The van der Waals surface area contributed by atoms with Gasteiger partial charge in [0.05, 0.1) is 4.90 Å². The highest BCUT2D eigenvalue weighted by Crippen LogP contribution is 2.19. The minimum Gasteiger partial charge on any atom is -0.326 e. The third-order valence-electron chi connectivity index (χ3n) is 1.96. The van der Waals surface area contributed by atoms with Crippen molar-refractivity contribution in [3.05, 3.63) is 29.1 Å². The molecule has 0 aliphatic heterocycles.